The van der Waals surface area contributed by atoms with E-state index in [0.29, 0.717) is 16.9 Å². The molecule has 8 nitrogen and oxygen atoms in total. The first-order valence-electron chi connectivity index (χ1n) is 12.8. The maximum Gasteiger partial charge on any atom is 0.492 e. The number of nitrogens with one attached hydrogen (secondary N) is 1. The molecule has 1 aromatic heterocycles. The number of rotatable bonds is 7. The molecule has 1 fully saturated rings. The number of hydrogen-bond donors (Lipinski definition) is 1. The summed E-state index contributed by atoms with van der Waals surface area (Å²) in [4.78, 5) is 21.1. The van der Waals surface area contributed by atoms with Crippen molar-refractivity contribution in [2.75, 3.05) is 20.3 Å². The van der Waals surface area contributed by atoms with E-state index in [-0.39, 0.29) is 24.4 Å². The second-order valence-electron chi connectivity index (χ2n) is 10.6. The lowest BCUT2D eigenvalue weighted by molar-refractivity contribution is 0.00578. The molecule has 1 aliphatic heterocycles. The highest BCUT2D eigenvalue weighted by atomic mass is 35.5. The van der Waals surface area contributed by atoms with Crippen molar-refractivity contribution in [1.29, 1.82) is 0 Å². The first kappa shape index (κ1) is 27.2. The van der Waals surface area contributed by atoms with Crippen LogP contribution in [0.2, 0.25) is 5.28 Å². The Morgan fingerprint density at radius 1 is 1.05 bits per heavy atom. The van der Waals surface area contributed by atoms with Gasteiger partial charge >= 0.3 is 13.2 Å². The predicted molar refractivity (Wildman–Crippen MR) is 151 cm³/mol. The SMILES string of the molecule is COc1nc(Cl)ncc1C=C(CNC(=O)OCC1c2ccccc2-c2ccccc21)B1OC(C)(C)C(C)(C)O1. The van der Waals surface area contributed by atoms with Crippen LogP contribution in [0, 0.1) is 0 Å². The number of ether oxygens (including phenoxy) is 2. The molecule has 0 radical (unpaired) electrons. The number of benzene rings is 2. The number of fused-ring (bicyclic) bond motifs is 3. The van der Waals surface area contributed by atoms with Gasteiger partial charge in [-0.1, -0.05) is 54.6 Å². The lowest BCUT2D eigenvalue weighted by Gasteiger charge is -2.32. The monoisotopic (exact) mass is 547 g/mol. The number of carbonyl (C=O) groups is 1. The van der Waals surface area contributed by atoms with Crippen LogP contribution < -0.4 is 10.1 Å². The summed E-state index contributed by atoms with van der Waals surface area (Å²) in [5.74, 6) is 0.266. The van der Waals surface area contributed by atoms with E-state index in [1.54, 1.807) is 12.3 Å². The van der Waals surface area contributed by atoms with Crippen molar-refractivity contribution in [3.05, 3.63) is 82.2 Å². The summed E-state index contributed by atoms with van der Waals surface area (Å²) in [7, 11) is 0.781. The van der Waals surface area contributed by atoms with E-state index in [1.165, 1.54) is 18.2 Å². The van der Waals surface area contributed by atoms with Crippen LogP contribution in [0.5, 0.6) is 5.88 Å². The summed E-state index contributed by atoms with van der Waals surface area (Å²) in [5, 5.41) is 2.93. The van der Waals surface area contributed by atoms with Gasteiger partial charge in [-0.25, -0.2) is 9.78 Å². The molecule has 0 atom stereocenters. The molecule has 5 rings (SSSR count). The molecule has 39 heavy (non-hydrogen) atoms. The minimum Gasteiger partial charge on any atom is -0.480 e. The Bertz CT molecular complexity index is 1370. The largest absolute Gasteiger partial charge is 0.492 e. The summed E-state index contributed by atoms with van der Waals surface area (Å²) in [6.07, 6.45) is 2.78. The molecule has 2 aromatic carbocycles. The average molecular weight is 548 g/mol. The third-order valence-electron chi connectivity index (χ3n) is 7.62. The van der Waals surface area contributed by atoms with E-state index in [4.69, 9.17) is 30.4 Å². The van der Waals surface area contributed by atoms with Crippen LogP contribution in [-0.4, -0.2) is 54.6 Å². The third kappa shape index (κ3) is 5.39. The number of amides is 1. The molecule has 202 valence electrons. The first-order chi connectivity index (χ1) is 18.6. The second kappa shape index (κ2) is 10.6. The fraction of sp³-hybridized carbons (Fsp3) is 0.345. The number of methoxy groups -OCH3 is 1. The fourth-order valence-corrected chi connectivity index (χ4v) is 4.96. The quantitative estimate of drug-likeness (QED) is 0.300. The minimum absolute atomic E-state index is 0.0308. The van der Waals surface area contributed by atoms with Crippen molar-refractivity contribution in [1.82, 2.24) is 15.3 Å². The molecule has 1 aliphatic carbocycles. The maximum absolute atomic E-state index is 12.9. The van der Waals surface area contributed by atoms with Gasteiger partial charge in [0.05, 0.1) is 23.9 Å². The van der Waals surface area contributed by atoms with Gasteiger partial charge in [0.2, 0.25) is 11.2 Å². The van der Waals surface area contributed by atoms with Crippen molar-refractivity contribution in [3.8, 4) is 17.0 Å². The van der Waals surface area contributed by atoms with E-state index >= 15 is 0 Å². The van der Waals surface area contributed by atoms with Crippen LogP contribution in [0.25, 0.3) is 17.2 Å². The Morgan fingerprint density at radius 3 is 2.23 bits per heavy atom. The van der Waals surface area contributed by atoms with Crippen LogP contribution in [0.15, 0.2) is 60.2 Å². The molecule has 0 bridgehead atoms. The van der Waals surface area contributed by atoms with Crippen LogP contribution >= 0.6 is 11.6 Å². The van der Waals surface area contributed by atoms with Gasteiger partial charge in [-0.2, -0.15) is 4.98 Å². The van der Waals surface area contributed by atoms with Gasteiger partial charge < -0.3 is 24.1 Å². The van der Waals surface area contributed by atoms with Gasteiger partial charge in [-0.3, -0.25) is 0 Å². The summed E-state index contributed by atoms with van der Waals surface area (Å²) >= 11 is 5.94. The zero-order valence-corrected chi connectivity index (χ0v) is 23.4. The molecular formula is C29H31BClN3O5. The van der Waals surface area contributed by atoms with E-state index in [0.717, 1.165) is 11.1 Å². The van der Waals surface area contributed by atoms with Gasteiger partial charge in [0.25, 0.3) is 0 Å². The minimum atomic E-state index is -0.718. The summed E-state index contributed by atoms with van der Waals surface area (Å²) in [6.45, 7) is 8.20. The standard InChI is InChI=1S/C29H31BClN3O5/c1-28(2)29(3,4)39-30(38-28)19(14-18-15-32-26(31)34-25(18)36-5)16-33-27(35)37-17-24-22-12-8-6-10-20(22)21-11-7-9-13-23(21)24/h6-15,24H,16-17H2,1-5H3,(H,33,35). The molecule has 1 saturated heterocycles. The number of carbonyl (C=O) groups excluding carboxylic acids is 1. The third-order valence-corrected chi connectivity index (χ3v) is 7.80. The number of halogens is 1. The number of alkyl carbamates (subject to hydrolysis) is 1. The molecule has 0 spiro atoms. The Hall–Kier alpha value is -3.40. The molecule has 2 aliphatic rings. The number of aromatic nitrogens is 2. The van der Waals surface area contributed by atoms with Gasteiger partial charge in [-0.05, 0) is 67.0 Å². The van der Waals surface area contributed by atoms with Gasteiger partial charge in [0.1, 0.15) is 6.61 Å². The lowest BCUT2D eigenvalue weighted by Crippen LogP contribution is -2.41. The molecule has 0 unspecified atom stereocenters. The first-order valence-corrected chi connectivity index (χ1v) is 13.2. The zero-order chi connectivity index (χ0) is 27.8. The average Bonchev–Trinajstić information content (AvgIpc) is 3.34. The zero-order valence-electron chi connectivity index (χ0n) is 22.7. The summed E-state index contributed by atoms with van der Waals surface area (Å²) in [6, 6.07) is 16.4. The summed E-state index contributed by atoms with van der Waals surface area (Å²) in [5.41, 5.74) is 4.73. The maximum atomic E-state index is 12.9. The van der Waals surface area contributed by atoms with Crippen LogP contribution in [0.3, 0.4) is 0 Å². The summed E-state index contributed by atoms with van der Waals surface area (Å²) < 4.78 is 23.6. The molecule has 2 heterocycles. The Balaban J connectivity index is 1.32. The lowest BCUT2D eigenvalue weighted by atomic mass is 9.77. The molecule has 1 N–H and O–H groups in total. The second-order valence-corrected chi connectivity index (χ2v) is 10.9. The molecular weight excluding hydrogens is 517 g/mol. The highest BCUT2D eigenvalue weighted by Crippen LogP contribution is 2.44. The van der Waals surface area contributed by atoms with Gasteiger partial charge in [0, 0.05) is 18.7 Å². The smallest absolute Gasteiger partial charge is 0.480 e. The van der Waals surface area contributed by atoms with Crippen molar-refractivity contribution < 1.29 is 23.6 Å². The number of hydrogen-bond acceptors (Lipinski definition) is 7. The highest BCUT2D eigenvalue weighted by Gasteiger charge is 2.52. The Morgan fingerprint density at radius 2 is 1.64 bits per heavy atom. The van der Waals surface area contributed by atoms with E-state index in [9.17, 15) is 4.79 Å². The Labute approximate surface area is 233 Å². The van der Waals surface area contributed by atoms with Crippen LogP contribution in [0.1, 0.15) is 50.3 Å². The van der Waals surface area contributed by atoms with Crippen molar-refractivity contribution >= 4 is 30.9 Å². The van der Waals surface area contributed by atoms with Crippen LogP contribution in [-0.2, 0) is 14.0 Å². The molecule has 3 aromatic rings. The highest BCUT2D eigenvalue weighted by molar-refractivity contribution is 6.56. The van der Waals surface area contributed by atoms with Crippen molar-refractivity contribution in [3.63, 3.8) is 0 Å². The molecule has 10 heteroatoms. The van der Waals surface area contributed by atoms with E-state index in [1.807, 2.05) is 52.0 Å². The predicted octanol–water partition coefficient (Wildman–Crippen LogP) is 5.69. The Kier molecular flexibility index (Phi) is 7.42. The van der Waals surface area contributed by atoms with Gasteiger partial charge in [0.15, 0.2) is 0 Å². The van der Waals surface area contributed by atoms with E-state index in [2.05, 4.69) is 39.6 Å². The fourth-order valence-electron chi connectivity index (χ4n) is 4.84. The molecule has 1 amide bonds. The topological polar surface area (TPSA) is 91.8 Å². The van der Waals surface area contributed by atoms with Crippen LogP contribution in [0.4, 0.5) is 4.79 Å². The van der Waals surface area contributed by atoms with E-state index < -0.39 is 24.4 Å². The number of nitrogens with zero attached hydrogens (tertiary/aromatic N) is 2. The van der Waals surface area contributed by atoms with Crippen molar-refractivity contribution in [2.24, 2.45) is 0 Å². The van der Waals surface area contributed by atoms with Gasteiger partial charge in [-0.15, -0.1) is 0 Å². The van der Waals surface area contributed by atoms with Crippen molar-refractivity contribution in [2.45, 2.75) is 44.8 Å². The normalized spacial score (nSPS) is 17.5. The molecule has 0 saturated carbocycles.